The largest absolute Gasteiger partial charge is 0.373 e. The fourth-order valence-corrected chi connectivity index (χ4v) is 4.60. The highest BCUT2D eigenvalue weighted by Gasteiger charge is 2.42. The van der Waals surface area contributed by atoms with Crippen LogP contribution in [0.15, 0.2) is 16.8 Å². The smallest absolute Gasteiger partial charge is 0.248 e. The van der Waals surface area contributed by atoms with Crippen LogP contribution >= 0.6 is 11.3 Å². The maximum absolute atomic E-state index is 12.3. The van der Waals surface area contributed by atoms with Gasteiger partial charge in [-0.2, -0.15) is 11.3 Å². The van der Waals surface area contributed by atoms with Crippen molar-refractivity contribution < 1.29 is 14.4 Å². The van der Waals surface area contributed by atoms with E-state index in [1.807, 2.05) is 0 Å². The summed E-state index contributed by atoms with van der Waals surface area (Å²) in [5, 5.41) is 5.89. The van der Waals surface area contributed by atoms with E-state index < -0.39 is 0 Å². The first-order chi connectivity index (χ1) is 11.3. The second-order valence-corrected chi connectivity index (χ2v) is 7.64. The number of amides is 1. The van der Waals surface area contributed by atoms with Gasteiger partial charge in [-0.1, -0.05) is 0 Å². The summed E-state index contributed by atoms with van der Waals surface area (Å²) in [6, 6.07) is 2.19. The molecule has 126 valence electrons. The normalized spacial score (nSPS) is 31.5. The van der Waals surface area contributed by atoms with Gasteiger partial charge in [0, 0.05) is 32.1 Å². The molecule has 3 fully saturated rings. The summed E-state index contributed by atoms with van der Waals surface area (Å²) < 4.78 is 6.15. The zero-order chi connectivity index (χ0) is 15.6. The first-order valence-corrected chi connectivity index (χ1v) is 9.54. The fraction of sp³-hybridized carbons (Fsp3) is 0.706. The number of hydrogen-bond acceptors (Lipinski definition) is 5. The molecular formula is C17H24N2O3S. The SMILES string of the molecule is O=C(C[C@@H]1C[C@@H]2CN(Cc3ccsc3)C[C@@H]2O1)N1CCCCO1. The molecule has 23 heavy (non-hydrogen) atoms. The molecule has 3 aliphatic rings. The third-order valence-electron chi connectivity index (χ3n) is 5.06. The Balaban J connectivity index is 1.24. The van der Waals surface area contributed by atoms with E-state index in [-0.39, 0.29) is 12.0 Å². The van der Waals surface area contributed by atoms with Gasteiger partial charge >= 0.3 is 0 Å². The lowest BCUT2D eigenvalue weighted by molar-refractivity contribution is -0.199. The highest BCUT2D eigenvalue weighted by atomic mass is 32.1. The van der Waals surface area contributed by atoms with E-state index in [0.717, 1.165) is 45.4 Å². The molecule has 0 aliphatic carbocycles. The Morgan fingerprint density at radius 1 is 1.35 bits per heavy atom. The second-order valence-electron chi connectivity index (χ2n) is 6.86. The second kappa shape index (κ2) is 6.89. The molecular weight excluding hydrogens is 312 g/mol. The standard InChI is InChI=1S/C17H24N2O3S/c20-17(19-4-1-2-5-21-19)8-15-7-14-10-18(11-16(14)22-15)9-13-3-6-23-12-13/h3,6,12,14-16H,1-2,4-5,7-11H2/t14-,15+,16+/m1/s1. The van der Waals surface area contributed by atoms with E-state index in [2.05, 4.69) is 21.7 Å². The Kier molecular flexibility index (Phi) is 4.66. The van der Waals surface area contributed by atoms with Gasteiger partial charge in [-0.25, -0.2) is 5.06 Å². The van der Waals surface area contributed by atoms with Crippen molar-refractivity contribution in [3.05, 3.63) is 22.4 Å². The van der Waals surface area contributed by atoms with Crippen molar-refractivity contribution in [2.24, 2.45) is 5.92 Å². The van der Waals surface area contributed by atoms with Crippen LogP contribution < -0.4 is 0 Å². The summed E-state index contributed by atoms with van der Waals surface area (Å²) in [7, 11) is 0. The Hall–Kier alpha value is -0.950. The van der Waals surface area contributed by atoms with Gasteiger partial charge in [-0.05, 0) is 41.7 Å². The highest BCUT2D eigenvalue weighted by molar-refractivity contribution is 7.07. The van der Waals surface area contributed by atoms with E-state index in [0.29, 0.717) is 25.0 Å². The van der Waals surface area contributed by atoms with Crippen molar-refractivity contribution in [2.75, 3.05) is 26.2 Å². The molecule has 3 saturated heterocycles. The van der Waals surface area contributed by atoms with Crippen molar-refractivity contribution in [3.63, 3.8) is 0 Å². The minimum atomic E-state index is 0.0753. The topological polar surface area (TPSA) is 42.0 Å². The molecule has 1 amide bonds. The summed E-state index contributed by atoms with van der Waals surface area (Å²) in [5.41, 5.74) is 1.39. The number of nitrogens with zero attached hydrogens (tertiary/aromatic N) is 2. The number of hydroxylamine groups is 2. The van der Waals surface area contributed by atoms with Gasteiger partial charge in [0.25, 0.3) is 0 Å². The molecule has 0 radical (unpaired) electrons. The number of thiophene rings is 1. The van der Waals surface area contributed by atoms with Crippen LogP contribution in [0.25, 0.3) is 0 Å². The van der Waals surface area contributed by atoms with Crippen LogP contribution in [0.2, 0.25) is 0 Å². The van der Waals surface area contributed by atoms with Gasteiger partial charge in [0.15, 0.2) is 0 Å². The third kappa shape index (κ3) is 3.60. The van der Waals surface area contributed by atoms with Gasteiger partial charge in [-0.15, -0.1) is 0 Å². The molecule has 5 nitrogen and oxygen atoms in total. The molecule has 0 N–H and O–H groups in total. The maximum Gasteiger partial charge on any atom is 0.248 e. The summed E-state index contributed by atoms with van der Waals surface area (Å²) in [6.07, 6.45) is 3.94. The molecule has 1 aromatic rings. The molecule has 3 aliphatic heterocycles. The van der Waals surface area contributed by atoms with Crippen molar-refractivity contribution in [2.45, 2.75) is 44.4 Å². The Morgan fingerprint density at radius 3 is 3.04 bits per heavy atom. The summed E-state index contributed by atoms with van der Waals surface area (Å²) in [4.78, 5) is 20.2. The number of carbonyl (C=O) groups is 1. The predicted octanol–water partition coefficient (Wildman–Crippen LogP) is 2.28. The number of likely N-dealkylation sites (tertiary alicyclic amines) is 1. The van der Waals surface area contributed by atoms with Crippen LogP contribution in [0.3, 0.4) is 0 Å². The minimum Gasteiger partial charge on any atom is -0.373 e. The van der Waals surface area contributed by atoms with Gasteiger partial charge in [-0.3, -0.25) is 14.5 Å². The van der Waals surface area contributed by atoms with Crippen LogP contribution in [-0.2, 0) is 20.9 Å². The van der Waals surface area contributed by atoms with E-state index in [9.17, 15) is 4.79 Å². The van der Waals surface area contributed by atoms with Crippen LogP contribution in [0.4, 0.5) is 0 Å². The lowest BCUT2D eigenvalue weighted by Crippen LogP contribution is -2.37. The molecule has 4 heterocycles. The number of hydrogen-bond donors (Lipinski definition) is 0. The number of carbonyl (C=O) groups excluding carboxylic acids is 1. The minimum absolute atomic E-state index is 0.0753. The van der Waals surface area contributed by atoms with Crippen LogP contribution in [-0.4, -0.2) is 54.3 Å². The van der Waals surface area contributed by atoms with E-state index in [1.165, 1.54) is 5.56 Å². The molecule has 4 rings (SSSR count). The highest BCUT2D eigenvalue weighted by Crippen LogP contribution is 2.35. The van der Waals surface area contributed by atoms with Crippen LogP contribution in [0.1, 0.15) is 31.2 Å². The quantitative estimate of drug-likeness (QED) is 0.846. The van der Waals surface area contributed by atoms with Gasteiger partial charge in [0.2, 0.25) is 5.91 Å². The first kappa shape index (κ1) is 15.6. The van der Waals surface area contributed by atoms with Crippen LogP contribution in [0.5, 0.6) is 0 Å². The van der Waals surface area contributed by atoms with E-state index >= 15 is 0 Å². The monoisotopic (exact) mass is 336 g/mol. The third-order valence-corrected chi connectivity index (χ3v) is 5.79. The summed E-state index contributed by atoms with van der Waals surface area (Å²) >= 11 is 1.75. The zero-order valence-corrected chi connectivity index (χ0v) is 14.2. The number of fused-ring (bicyclic) bond motifs is 1. The van der Waals surface area contributed by atoms with Crippen molar-refractivity contribution in [1.29, 1.82) is 0 Å². The molecule has 0 unspecified atom stereocenters. The fourth-order valence-electron chi connectivity index (χ4n) is 3.94. The molecule has 0 saturated carbocycles. The van der Waals surface area contributed by atoms with Crippen molar-refractivity contribution in [3.8, 4) is 0 Å². The molecule has 3 atom stereocenters. The van der Waals surface area contributed by atoms with Gasteiger partial charge in [0.05, 0.1) is 25.2 Å². The average molecular weight is 336 g/mol. The molecule has 0 bridgehead atoms. The summed E-state index contributed by atoms with van der Waals surface area (Å²) in [5.74, 6) is 0.665. The van der Waals surface area contributed by atoms with Gasteiger partial charge in [0.1, 0.15) is 0 Å². The first-order valence-electron chi connectivity index (χ1n) is 8.60. The lowest BCUT2D eigenvalue weighted by Gasteiger charge is -2.27. The predicted molar refractivity (Wildman–Crippen MR) is 87.9 cm³/mol. The Bertz CT molecular complexity index is 516. The molecule has 0 aromatic carbocycles. The summed E-state index contributed by atoms with van der Waals surface area (Å²) in [6.45, 7) is 4.49. The lowest BCUT2D eigenvalue weighted by atomic mass is 10.0. The molecule has 1 aromatic heterocycles. The van der Waals surface area contributed by atoms with Crippen LogP contribution in [0, 0.1) is 5.92 Å². The maximum atomic E-state index is 12.3. The Labute approximate surface area is 141 Å². The zero-order valence-electron chi connectivity index (χ0n) is 13.4. The van der Waals surface area contributed by atoms with Gasteiger partial charge < -0.3 is 4.74 Å². The van der Waals surface area contributed by atoms with Crippen molar-refractivity contribution >= 4 is 17.2 Å². The van der Waals surface area contributed by atoms with Crippen molar-refractivity contribution in [1.82, 2.24) is 9.96 Å². The Morgan fingerprint density at radius 2 is 2.30 bits per heavy atom. The molecule has 0 spiro atoms. The molecule has 6 heteroatoms. The number of ether oxygens (including phenoxy) is 1. The average Bonchev–Trinajstić information content (AvgIpc) is 3.25. The van der Waals surface area contributed by atoms with E-state index in [4.69, 9.17) is 9.57 Å². The van der Waals surface area contributed by atoms with E-state index in [1.54, 1.807) is 16.4 Å². The number of rotatable bonds is 4.